The molecule has 0 aliphatic carbocycles. The third-order valence-corrected chi connectivity index (χ3v) is 3.66. The summed E-state index contributed by atoms with van der Waals surface area (Å²) in [6.45, 7) is 5.34. The lowest BCUT2D eigenvalue weighted by molar-refractivity contribution is -0.142. The molecule has 0 amide bonds. The molecule has 0 saturated heterocycles. The van der Waals surface area contributed by atoms with Crippen molar-refractivity contribution in [3.05, 3.63) is 41.5 Å². The van der Waals surface area contributed by atoms with Gasteiger partial charge in [0.25, 0.3) is 0 Å². The first kappa shape index (κ1) is 16.0. The van der Waals surface area contributed by atoms with Crippen LogP contribution in [0.4, 0.5) is 0 Å². The summed E-state index contributed by atoms with van der Waals surface area (Å²) in [7, 11) is 0. The second kappa shape index (κ2) is 6.60. The van der Waals surface area contributed by atoms with Crippen LogP contribution < -0.4 is 0 Å². The first-order chi connectivity index (χ1) is 10.4. The minimum absolute atomic E-state index is 0.0193. The fourth-order valence-corrected chi connectivity index (χ4v) is 2.47. The van der Waals surface area contributed by atoms with E-state index in [9.17, 15) is 14.7 Å². The SMILES string of the molecule is CC(=O)OCC(C)CC(=O)c1ccc2c(C)cccc2c1O. The van der Waals surface area contributed by atoms with Gasteiger partial charge in [-0.25, -0.2) is 0 Å². The van der Waals surface area contributed by atoms with Gasteiger partial charge in [0.1, 0.15) is 5.75 Å². The number of hydrogen-bond donors (Lipinski definition) is 1. The van der Waals surface area contributed by atoms with E-state index in [4.69, 9.17) is 4.74 Å². The Hall–Kier alpha value is -2.36. The average Bonchev–Trinajstić information content (AvgIpc) is 2.46. The van der Waals surface area contributed by atoms with Crippen molar-refractivity contribution in [1.82, 2.24) is 0 Å². The molecule has 2 rings (SSSR count). The molecule has 22 heavy (non-hydrogen) atoms. The summed E-state index contributed by atoms with van der Waals surface area (Å²) in [5.74, 6) is -0.584. The summed E-state index contributed by atoms with van der Waals surface area (Å²) >= 11 is 0. The Kier molecular flexibility index (Phi) is 4.81. The Labute approximate surface area is 129 Å². The highest BCUT2D eigenvalue weighted by molar-refractivity contribution is 6.05. The zero-order valence-corrected chi connectivity index (χ0v) is 13.1. The molecule has 1 N–H and O–H groups in total. The lowest BCUT2D eigenvalue weighted by Gasteiger charge is -2.12. The molecule has 2 aromatic rings. The number of Topliss-reactive ketones (excluding diaryl/α,β-unsaturated/α-hetero) is 1. The number of carbonyl (C=O) groups is 2. The minimum atomic E-state index is -0.358. The van der Waals surface area contributed by atoms with E-state index in [-0.39, 0.29) is 36.4 Å². The van der Waals surface area contributed by atoms with Crippen LogP contribution in [0, 0.1) is 12.8 Å². The average molecular weight is 300 g/mol. The molecule has 1 unspecified atom stereocenters. The molecule has 2 aromatic carbocycles. The van der Waals surface area contributed by atoms with E-state index < -0.39 is 0 Å². The first-order valence-corrected chi connectivity index (χ1v) is 7.28. The normalized spacial score (nSPS) is 12.1. The van der Waals surface area contributed by atoms with Gasteiger partial charge in [-0.05, 0) is 29.9 Å². The van der Waals surface area contributed by atoms with E-state index >= 15 is 0 Å². The number of aryl methyl sites for hydroxylation is 1. The monoisotopic (exact) mass is 300 g/mol. The topological polar surface area (TPSA) is 63.6 Å². The zero-order chi connectivity index (χ0) is 16.3. The number of aromatic hydroxyl groups is 1. The van der Waals surface area contributed by atoms with E-state index in [2.05, 4.69) is 0 Å². The number of fused-ring (bicyclic) bond motifs is 1. The van der Waals surface area contributed by atoms with Gasteiger partial charge in [0.15, 0.2) is 5.78 Å². The van der Waals surface area contributed by atoms with Crippen molar-refractivity contribution in [2.75, 3.05) is 6.61 Å². The van der Waals surface area contributed by atoms with Crippen LogP contribution in [-0.2, 0) is 9.53 Å². The van der Waals surface area contributed by atoms with Gasteiger partial charge < -0.3 is 9.84 Å². The fraction of sp³-hybridized carbons (Fsp3) is 0.333. The predicted molar refractivity (Wildman–Crippen MR) is 85.1 cm³/mol. The van der Waals surface area contributed by atoms with Crippen molar-refractivity contribution in [3.63, 3.8) is 0 Å². The van der Waals surface area contributed by atoms with Gasteiger partial charge in [0.05, 0.1) is 12.2 Å². The van der Waals surface area contributed by atoms with Crippen LogP contribution in [0.25, 0.3) is 10.8 Å². The second-order valence-corrected chi connectivity index (χ2v) is 5.67. The molecule has 0 heterocycles. The van der Waals surface area contributed by atoms with Crippen LogP contribution >= 0.6 is 0 Å². The number of rotatable bonds is 5. The lowest BCUT2D eigenvalue weighted by Crippen LogP contribution is -2.14. The summed E-state index contributed by atoms with van der Waals surface area (Å²) in [5.41, 5.74) is 1.36. The Bertz CT molecular complexity index is 718. The van der Waals surface area contributed by atoms with E-state index in [1.165, 1.54) is 6.92 Å². The van der Waals surface area contributed by atoms with Crippen molar-refractivity contribution < 1.29 is 19.4 Å². The zero-order valence-electron chi connectivity index (χ0n) is 13.1. The number of phenols is 1. The molecule has 4 nitrogen and oxygen atoms in total. The lowest BCUT2D eigenvalue weighted by atomic mass is 9.95. The van der Waals surface area contributed by atoms with Gasteiger partial charge in [0.2, 0.25) is 0 Å². The summed E-state index contributed by atoms with van der Waals surface area (Å²) in [4.78, 5) is 23.1. The molecule has 0 spiro atoms. The second-order valence-electron chi connectivity index (χ2n) is 5.67. The highest BCUT2D eigenvalue weighted by atomic mass is 16.5. The molecule has 1 atom stereocenters. The van der Waals surface area contributed by atoms with Gasteiger partial charge in [-0.2, -0.15) is 0 Å². The Morgan fingerprint density at radius 1 is 1.18 bits per heavy atom. The third-order valence-electron chi connectivity index (χ3n) is 3.66. The van der Waals surface area contributed by atoms with E-state index in [0.29, 0.717) is 10.9 Å². The number of hydrogen-bond acceptors (Lipinski definition) is 4. The Morgan fingerprint density at radius 3 is 2.59 bits per heavy atom. The predicted octanol–water partition coefficient (Wildman–Crippen LogP) is 3.63. The maximum atomic E-state index is 12.3. The smallest absolute Gasteiger partial charge is 0.302 e. The van der Waals surface area contributed by atoms with Crippen LogP contribution in [-0.4, -0.2) is 23.5 Å². The number of esters is 1. The molecule has 4 heteroatoms. The van der Waals surface area contributed by atoms with Crippen molar-refractivity contribution in [2.45, 2.75) is 27.2 Å². The van der Waals surface area contributed by atoms with Gasteiger partial charge in [-0.15, -0.1) is 0 Å². The maximum Gasteiger partial charge on any atom is 0.302 e. The standard InChI is InChI=1S/C18H20O4/c1-11(10-22-13(3)19)9-17(20)16-8-7-14-12(2)5-4-6-15(14)18(16)21/h4-8,11,21H,9-10H2,1-3H3. The van der Waals surface area contributed by atoms with E-state index in [1.807, 2.05) is 32.0 Å². The molecule has 0 radical (unpaired) electrons. The molecule has 0 aliphatic heterocycles. The molecule has 0 fully saturated rings. The number of benzene rings is 2. The molecule has 0 bridgehead atoms. The van der Waals surface area contributed by atoms with E-state index in [0.717, 1.165) is 10.9 Å². The summed E-state index contributed by atoms with van der Waals surface area (Å²) < 4.78 is 4.90. The van der Waals surface area contributed by atoms with Crippen molar-refractivity contribution in [2.24, 2.45) is 5.92 Å². The van der Waals surface area contributed by atoms with Crippen LogP contribution in [0.1, 0.15) is 36.2 Å². The summed E-state index contributed by atoms with van der Waals surface area (Å²) in [6.07, 6.45) is 0.220. The van der Waals surface area contributed by atoms with Crippen LogP contribution in [0.5, 0.6) is 5.75 Å². The minimum Gasteiger partial charge on any atom is -0.507 e. The first-order valence-electron chi connectivity index (χ1n) is 7.28. The number of ketones is 1. The highest BCUT2D eigenvalue weighted by Gasteiger charge is 2.17. The van der Waals surface area contributed by atoms with Gasteiger partial charge >= 0.3 is 5.97 Å². The van der Waals surface area contributed by atoms with Gasteiger partial charge in [-0.3, -0.25) is 9.59 Å². The molecule has 0 aliphatic rings. The number of phenolic OH excluding ortho intramolecular Hbond substituents is 1. The number of ether oxygens (including phenoxy) is 1. The molecule has 0 aromatic heterocycles. The maximum absolute atomic E-state index is 12.3. The van der Waals surface area contributed by atoms with Crippen LogP contribution in [0.3, 0.4) is 0 Å². The van der Waals surface area contributed by atoms with Crippen LogP contribution in [0.2, 0.25) is 0 Å². The Morgan fingerprint density at radius 2 is 1.91 bits per heavy atom. The molecular weight excluding hydrogens is 280 g/mol. The summed E-state index contributed by atoms with van der Waals surface area (Å²) in [5, 5.41) is 12.0. The largest absolute Gasteiger partial charge is 0.507 e. The number of carbonyl (C=O) groups excluding carboxylic acids is 2. The third kappa shape index (κ3) is 3.45. The molecule has 116 valence electrons. The van der Waals surface area contributed by atoms with Gasteiger partial charge in [0, 0.05) is 18.7 Å². The van der Waals surface area contributed by atoms with Crippen molar-refractivity contribution >= 4 is 22.5 Å². The Balaban J connectivity index is 2.22. The summed E-state index contributed by atoms with van der Waals surface area (Å²) in [6, 6.07) is 9.13. The molecular formula is C18H20O4. The van der Waals surface area contributed by atoms with Gasteiger partial charge in [-0.1, -0.05) is 31.2 Å². The molecule has 0 saturated carbocycles. The highest BCUT2D eigenvalue weighted by Crippen LogP contribution is 2.31. The van der Waals surface area contributed by atoms with Crippen molar-refractivity contribution in [1.29, 1.82) is 0 Å². The van der Waals surface area contributed by atoms with Crippen LogP contribution in [0.15, 0.2) is 30.3 Å². The van der Waals surface area contributed by atoms with E-state index in [1.54, 1.807) is 12.1 Å². The fourth-order valence-electron chi connectivity index (χ4n) is 2.47. The van der Waals surface area contributed by atoms with Crippen molar-refractivity contribution in [3.8, 4) is 5.75 Å². The quantitative estimate of drug-likeness (QED) is 0.676.